The number of hydrogen-bond donors (Lipinski definition) is 1. The Morgan fingerprint density at radius 2 is 2.29 bits per heavy atom. The normalized spacial score (nSPS) is 25.6. The molecule has 0 aliphatic carbocycles. The molecule has 0 aromatic carbocycles. The van der Waals surface area contributed by atoms with E-state index in [0.29, 0.717) is 0 Å². The molecular formula is C10H18BrNO2. The van der Waals surface area contributed by atoms with Gasteiger partial charge in [-0.3, -0.25) is 4.79 Å². The van der Waals surface area contributed by atoms with Gasteiger partial charge in [-0.25, -0.2) is 0 Å². The summed E-state index contributed by atoms with van der Waals surface area (Å²) in [6, 6.07) is 0.0324. The average Bonchev–Trinajstić information content (AvgIpc) is 2.40. The minimum Gasteiger partial charge on any atom is -0.394 e. The second kappa shape index (κ2) is 5.71. The highest BCUT2D eigenvalue weighted by molar-refractivity contribution is 9.10. The first kappa shape index (κ1) is 12.0. The number of halogens is 1. The van der Waals surface area contributed by atoms with Gasteiger partial charge < -0.3 is 10.0 Å². The lowest BCUT2D eigenvalue weighted by Crippen LogP contribution is -2.44. The molecule has 2 atom stereocenters. The van der Waals surface area contributed by atoms with Crippen molar-refractivity contribution in [3.63, 3.8) is 0 Å². The maximum Gasteiger partial charge on any atom is 0.236 e. The van der Waals surface area contributed by atoms with E-state index in [-0.39, 0.29) is 23.4 Å². The molecule has 1 heterocycles. The van der Waals surface area contributed by atoms with Crippen LogP contribution in [0.25, 0.3) is 0 Å². The number of aliphatic hydroxyl groups is 1. The van der Waals surface area contributed by atoms with E-state index in [2.05, 4.69) is 15.9 Å². The Kier molecular flexibility index (Phi) is 4.89. The Hall–Kier alpha value is -0.0900. The van der Waals surface area contributed by atoms with Gasteiger partial charge in [0, 0.05) is 6.54 Å². The number of alkyl halides is 1. The zero-order chi connectivity index (χ0) is 10.6. The molecule has 1 aliphatic rings. The lowest BCUT2D eigenvalue weighted by molar-refractivity contribution is -0.133. The van der Waals surface area contributed by atoms with Crippen LogP contribution in [0.2, 0.25) is 0 Å². The number of nitrogens with zero attached hydrogens (tertiary/aromatic N) is 1. The number of aliphatic hydroxyl groups excluding tert-OH is 1. The molecule has 2 unspecified atom stereocenters. The van der Waals surface area contributed by atoms with Crippen LogP contribution >= 0.6 is 15.9 Å². The summed E-state index contributed by atoms with van der Waals surface area (Å²) in [4.78, 5) is 13.5. The molecule has 0 aromatic rings. The number of carbonyl (C=O) groups is 1. The summed E-state index contributed by atoms with van der Waals surface area (Å²) in [6.45, 7) is 2.72. The van der Waals surface area contributed by atoms with Crippen LogP contribution in [0.4, 0.5) is 0 Å². The first-order valence-electron chi connectivity index (χ1n) is 5.22. The molecule has 1 N–H and O–H groups in total. The summed E-state index contributed by atoms with van der Waals surface area (Å²) in [5.74, 6) is 0.103. The highest BCUT2D eigenvalue weighted by Crippen LogP contribution is 2.18. The first-order chi connectivity index (χ1) is 6.66. The van der Waals surface area contributed by atoms with E-state index in [9.17, 15) is 9.90 Å². The van der Waals surface area contributed by atoms with Crippen molar-refractivity contribution in [2.45, 2.75) is 43.5 Å². The van der Waals surface area contributed by atoms with Gasteiger partial charge in [0.15, 0.2) is 0 Å². The first-order valence-corrected chi connectivity index (χ1v) is 6.13. The van der Waals surface area contributed by atoms with Crippen molar-refractivity contribution in [3.05, 3.63) is 0 Å². The predicted molar refractivity (Wildman–Crippen MR) is 59.4 cm³/mol. The van der Waals surface area contributed by atoms with Crippen molar-refractivity contribution >= 4 is 21.8 Å². The summed E-state index contributed by atoms with van der Waals surface area (Å²) in [5, 5.41) is 9.21. The Morgan fingerprint density at radius 1 is 1.57 bits per heavy atom. The Bertz CT molecular complexity index is 197. The van der Waals surface area contributed by atoms with Crippen LogP contribution in [-0.2, 0) is 4.79 Å². The van der Waals surface area contributed by atoms with Gasteiger partial charge in [0.2, 0.25) is 5.91 Å². The topological polar surface area (TPSA) is 40.5 Å². The van der Waals surface area contributed by atoms with Crippen molar-refractivity contribution in [2.24, 2.45) is 0 Å². The van der Waals surface area contributed by atoms with Crippen LogP contribution in [0.1, 0.15) is 32.6 Å². The smallest absolute Gasteiger partial charge is 0.236 e. The van der Waals surface area contributed by atoms with Gasteiger partial charge in [-0.05, 0) is 19.8 Å². The molecule has 82 valence electrons. The van der Waals surface area contributed by atoms with Crippen LogP contribution in [-0.4, -0.2) is 39.9 Å². The number of carbonyl (C=O) groups excluding carboxylic acids is 1. The zero-order valence-corrected chi connectivity index (χ0v) is 10.2. The molecule has 1 fully saturated rings. The summed E-state index contributed by atoms with van der Waals surface area (Å²) >= 11 is 3.28. The van der Waals surface area contributed by atoms with E-state index in [1.807, 2.05) is 11.8 Å². The second-order valence-corrected chi connectivity index (χ2v) is 5.21. The molecule has 1 rings (SSSR count). The van der Waals surface area contributed by atoms with E-state index < -0.39 is 0 Å². The molecule has 3 nitrogen and oxygen atoms in total. The molecular weight excluding hydrogens is 246 g/mol. The number of amides is 1. The van der Waals surface area contributed by atoms with E-state index in [0.717, 1.165) is 32.2 Å². The molecule has 0 radical (unpaired) electrons. The van der Waals surface area contributed by atoms with Crippen molar-refractivity contribution in [2.75, 3.05) is 13.2 Å². The van der Waals surface area contributed by atoms with E-state index >= 15 is 0 Å². The highest BCUT2D eigenvalue weighted by Gasteiger charge is 2.26. The van der Waals surface area contributed by atoms with Crippen LogP contribution in [0, 0.1) is 0 Å². The third-order valence-corrected chi connectivity index (χ3v) is 3.10. The summed E-state index contributed by atoms with van der Waals surface area (Å²) in [5.41, 5.74) is 0. The summed E-state index contributed by atoms with van der Waals surface area (Å²) < 4.78 is 0. The monoisotopic (exact) mass is 263 g/mol. The van der Waals surface area contributed by atoms with Crippen LogP contribution in [0.15, 0.2) is 0 Å². The largest absolute Gasteiger partial charge is 0.394 e. The van der Waals surface area contributed by atoms with Crippen LogP contribution < -0.4 is 0 Å². The molecule has 0 bridgehead atoms. The average molecular weight is 264 g/mol. The van der Waals surface area contributed by atoms with Gasteiger partial charge in [-0.15, -0.1) is 0 Å². The minimum absolute atomic E-state index is 0.0324. The Balaban J connectivity index is 2.65. The molecule has 1 aliphatic heterocycles. The van der Waals surface area contributed by atoms with Crippen molar-refractivity contribution in [1.82, 2.24) is 4.90 Å². The standard InChI is InChI=1S/C10H18BrNO2/c1-8(11)10(14)12-6-4-2-3-5-9(12)7-13/h8-9,13H,2-7H2,1H3. The van der Waals surface area contributed by atoms with Crippen molar-refractivity contribution in [3.8, 4) is 0 Å². The fourth-order valence-corrected chi connectivity index (χ4v) is 2.15. The van der Waals surface area contributed by atoms with Gasteiger partial charge in [0.05, 0.1) is 17.5 Å². The van der Waals surface area contributed by atoms with Gasteiger partial charge in [0.1, 0.15) is 0 Å². The third-order valence-electron chi connectivity index (χ3n) is 2.71. The van der Waals surface area contributed by atoms with Gasteiger partial charge in [-0.1, -0.05) is 28.8 Å². The maximum atomic E-state index is 11.8. The van der Waals surface area contributed by atoms with E-state index in [1.165, 1.54) is 0 Å². The zero-order valence-electron chi connectivity index (χ0n) is 8.58. The number of rotatable bonds is 2. The molecule has 0 spiro atoms. The molecule has 0 saturated carbocycles. The Labute approximate surface area is 93.6 Å². The van der Waals surface area contributed by atoms with E-state index in [1.54, 1.807) is 0 Å². The lowest BCUT2D eigenvalue weighted by Gasteiger charge is -2.29. The minimum atomic E-state index is -0.144. The fraction of sp³-hybridized carbons (Fsp3) is 0.900. The number of likely N-dealkylation sites (tertiary alicyclic amines) is 1. The molecule has 0 aromatic heterocycles. The number of hydrogen-bond acceptors (Lipinski definition) is 2. The van der Waals surface area contributed by atoms with Crippen LogP contribution in [0.3, 0.4) is 0 Å². The van der Waals surface area contributed by atoms with Crippen LogP contribution in [0.5, 0.6) is 0 Å². The fourth-order valence-electron chi connectivity index (χ4n) is 1.89. The quantitative estimate of drug-likeness (QED) is 0.768. The SMILES string of the molecule is CC(Br)C(=O)N1CCCCCC1CO. The third kappa shape index (κ3) is 2.95. The molecule has 1 amide bonds. The predicted octanol–water partition coefficient (Wildman–Crippen LogP) is 1.53. The summed E-state index contributed by atoms with van der Waals surface area (Å²) in [7, 11) is 0. The molecule has 4 heteroatoms. The van der Waals surface area contributed by atoms with Gasteiger partial charge >= 0.3 is 0 Å². The maximum absolute atomic E-state index is 11.8. The lowest BCUT2D eigenvalue weighted by atomic mass is 10.1. The van der Waals surface area contributed by atoms with Gasteiger partial charge in [-0.2, -0.15) is 0 Å². The second-order valence-electron chi connectivity index (χ2n) is 3.83. The van der Waals surface area contributed by atoms with Crippen molar-refractivity contribution in [1.29, 1.82) is 0 Å². The molecule has 14 heavy (non-hydrogen) atoms. The van der Waals surface area contributed by atoms with E-state index in [4.69, 9.17) is 0 Å². The van der Waals surface area contributed by atoms with Gasteiger partial charge in [0.25, 0.3) is 0 Å². The summed E-state index contributed by atoms with van der Waals surface area (Å²) in [6.07, 6.45) is 4.27. The highest BCUT2D eigenvalue weighted by atomic mass is 79.9. The molecule has 1 saturated heterocycles. The Morgan fingerprint density at radius 3 is 2.86 bits per heavy atom. The van der Waals surface area contributed by atoms with Crippen molar-refractivity contribution < 1.29 is 9.90 Å².